The van der Waals surface area contributed by atoms with Crippen LogP contribution in [0.3, 0.4) is 0 Å². The molecule has 0 saturated carbocycles. The van der Waals surface area contributed by atoms with Gasteiger partial charge < -0.3 is 9.72 Å². The van der Waals surface area contributed by atoms with Gasteiger partial charge in [-0.25, -0.2) is 4.98 Å². The minimum Gasteiger partial charge on any atom is -0.467 e. The van der Waals surface area contributed by atoms with Gasteiger partial charge in [0.05, 0.1) is 35.1 Å². The van der Waals surface area contributed by atoms with Crippen LogP contribution in [0.5, 0.6) is 0 Å². The van der Waals surface area contributed by atoms with E-state index in [0.29, 0.717) is 41.2 Å². The van der Waals surface area contributed by atoms with Gasteiger partial charge in [-0.15, -0.1) is 11.3 Å². The lowest BCUT2D eigenvalue weighted by Gasteiger charge is -2.15. The van der Waals surface area contributed by atoms with Crippen molar-refractivity contribution >= 4 is 45.8 Å². The molecule has 0 unspecified atom stereocenters. The van der Waals surface area contributed by atoms with Crippen LogP contribution in [-0.4, -0.2) is 29.5 Å². The molecule has 1 aromatic carbocycles. The molecule has 3 aromatic rings. The minimum atomic E-state index is 0.194. The number of aromatic amines is 1. The predicted octanol–water partition coefficient (Wildman–Crippen LogP) is 2.51. The number of H-pyrrole nitrogens is 1. The van der Waals surface area contributed by atoms with Crippen LogP contribution in [0.1, 0.15) is 11.3 Å². The summed E-state index contributed by atoms with van der Waals surface area (Å²) in [4.78, 5) is 30.8. The summed E-state index contributed by atoms with van der Waals surface area (Å²) in [6.45, 7) is 0.575. The summed E-state index contributed by atoms with van der Waals surface area (Å²) in [5.41, 5.74) is 4.28. The van der Waals surface area contributed by atoms with E-state index in [1.54, 1.807) is 29.9 Å². The largest absolute Gasteiger partial charge is 0.467 e. The molecule has 0 bridgehead atoms. The molecule has 0 spiro atoms. The Kier molecular flexibility index (Phi) is 4.54. The van der Waals surface area contributed by atoms with Crippen molar-refractivity contribution in [2.75, 3.05) is 11.5 Å². The van der Waals surface area contributed by atoms with E-state index in [9.17, 15) is 9.59 Å². The molecule has 0 atom stereocenters. The van der Waals surface area contributed by atoms with Gasteiger partial charge in [0, 0.05) is 23.5 Å². The minimum absolute atomic E-state index is 0.194. The summed E-state index contributed by atoms with van der Waals surface area (Å²) in [6.07, 6.45) is 2.83. The normalized spacial score (nSPS) is 10.3. The number of aromatic nitrogens is 2. The van der Waals surface area contributed by atoms with Gasteiger partial charge >= 0.3 is 0 Å². The van der Waals surface area contributed by atoms with Gasteiger partial charge in [0.2, 0.25) is 6.41 Å². The first-order valence-electron chi connectivity index (χ1n) is 7.02. The first kappa shape index (κ1) is 15.7. The maximum atomic E-state index is 11.7. The average molecular weight is 340 g/mol. The van der Waals surface area contributed by atoms with Gasteiger partial charge in [0.1, 0.15) is 5.00 Å². The van der Waals surface area contributed by atoms with E-state index in [1.165, 1.54) is 16.2 Å². The number of rotatable bonds is 7. The SMILES string of the molecule is N#Cc1ccc2[nH]cc(N(C=O)c3scnc3CCOC=O)c2c1. The molecule has 120 valence electrons. The Morgan fingerprint density at radius 1 is 1.42 bits per heavy atom. The fraction of sp³-hybridized carbons (Fsp3) is 0.125. The summed E-state index contributed by atoms with van der Waals surface area (Å²) in [7, 11) is 0. The maximum Gasteiger partial charge on any atom is 0.293 e. The second kappa shape index (κ2) is 6.93. The van der Waals surface area contributed by atoms with Crippen molar-refractivity contribution in [3.8, 4) is 6.07 Å². The van der Waals surface area contributed by atoms with Crippen LogP contribution in [0.25, 0.3) is 10.9 Å². The third-order valence-corrected chi connectivity index (χ3v) is 4.38. The summed E-state index contributed by atoms with van der Waals surface area (Å²) >= 11 is 1.32. The van der Waals surface area contributed by atoms with Crippen molar-refractivity contribution in [3.63, 3.8) is 0 Å². The number of carbonyl (C=O) groups is 2. The van der Waals surface area contributed by atoms with Gasteiger partial charge in [-0.3, -0.25) is 14.5 Å². The van der Waals surface area contributed by atoms with E-state index < -0.39 is 0 Å². The second-order valence-corrected chi connectivity index (χ2v) is 5.68. The first-order valence-corrected chi connectivity index (χ1v) is 7.90. The number of thiazole rings is 1. The molecule has 0 aliphatic heterocycles. The molecule has 0 aliphatic rings. The molecule has 8 heteroatoms. The number of ether oxygens (including phenoxy) is 1. The van der Waals surface area contributed by atoms with E-state index in [1.807, 2.05) is 0 Å². The molecular formula is C16H12N4O3S. The van der Waals surface area contributed by atoms with Crippen LogP contribution < -0.4 is 4.90 Å². The molecule has 24 heavy (non-hydrogen) atoms. The summed E-state index contributed by atoms with van der Waals surface area (Å²) < 4.78 is 4.70. The zero-order chi connectivity index (χ0) is 16.9. The highest BCUT2D eigenvalue weighted by atomic mass is 32.1. The zero-order valence-electron chi connectivity index (χ0n) is 12.4. The van der Waals surface area contributed by atoms with E-state index in [2.05, 4.69) is 16.0 Å². The van der Waals surface area contributed by atoms with Crippen LogP contribution in [0, 0.1) is 11.3 Å². The highest BCUT2D eigenvalue weighted by Gasteiger charge is 2.19. The second-order valence-electron chi connectivity index (χ2n) is 4.84. The van der Waals surface area contributed by atoms with Crippen LogP contribution in [0.15, 0.2) is 29.9 Å². The standard InChI is InChI=1S/C16H12N4O3S/c17-6-11-1-2-13-12(5-11)15(7-18-13)20(9-21)16-14(19-8-24-16)3-4-23-10-22/h1-2,5,7-10,18H,3-4H2. The van der Waals surface area contributed by atoms with Crippen LogP contribution in [0.4, 0.5) is 10.7 Å². The van der Waals surface area contributed by atoms with Crippen molar-refractivity contribution < 1.29 is 14.3 Å². The van der Waals surface area contributed by atoms with E-state index in [0.717, 1.165) is 10.9 Å². The lowest BCUT2D eigenvalue weighted by Crippen LogP contribution is -2.14. The van der Waals surface area contributed by atoms with Crippen molar-refractivity contribution in [1.82, 2.24) is 9.97 Å². The number of nitrogens with one attached hydrogen (secondary N) is 1. The number of benzene rings is 1. The molecule has 0 aliphatic carbocycles. The van der Waals surface area contributed by atoms with Crippen molar-refractivity contribution in [2.24, 2.45) is 0 Å². The Bertz CT molecular complexity index is 925. The molecule has 0 saturated heterocycles. The fourth-order valence-electron chi connectivity index (χ4n) is 2.42. The Morgan fingerprint density at radius 2 is 2.29 bits per heavy atom. The van der Waals surface area contributed by atoms with E-state index >= 15 is 0 Å². The quantitative estimate of drug-likeness (QED) is 0.526. The highest BCUT2D eigenvalue weighted by Crippen LogP contribution is 2.35. The van der Waals surface area contributed by atoms with Crippen molar-refractivity contribution in [3.05, 3.63) is 41.2 Å². The lowest BCUT2D eigenvalue weighted by molar-refractivity contribution is -0.128. The van der Waals surface area contributed by atoms with E-state index in [4.69, 9.17) is 10.00 Å². The molecule has 0 fully saturated rings. The average Bonchev–Trinajstić information content (AvgIpc) is 3.23. The molecule has 2 aromatic heterocycles. The van der Waals surface area contributed by atoms with Crippen LogP contribution >= 0.6 is 11.3 Å². The Labute approximate surface area is 141 Å². The molecule has 7 nitrogen and oxygen atoms in total. The molecular weight excluding hydrogens is 328 g/mol. The van der Waals surface area contributed by atoms with Crippen LogP contribution in [0.2, 0.25) is 0 Å². The number of nitrogens with zero attached hydrogens (tertiary/aromatic N) is 3. The zero-order valence-corrected chi connectivity index (χ0v) is 13.2. The Morgan fingerprint density at radius 3 is 3.04 bits per heavy atom. The Hall–Kier alpha value is -3.18. The van der Waals surface area contributed by atoms with Crippen molar-refractivity contribution in [2.45, 2.75) is 6.42 Å². The fourth-order valence-corrected chi connectivity index (χ4v) is 3.25. The third kappa shape index (κ3) is 2.85. The number of amides is 1. The number of fused-ring (bicyclic) bond motifs is 1. The first-order chi connectivity index (χ1) is 11.8. The van der Waals surface area contributed by atoms with Gasteiger partial charge in [-0.05, 0) is 18.2 Å². The Balaban J connectivity index is 2.01. The van der Waals surface area contributed by atoms with E-state index in [-0.39, 0.29) is 6.61 Å². The molecule has 0 radical (unpaired) electrons. The predicted molar refractivity (Wildman–Crippen MR) is 89.1 cm³/mol. The number of hydrogen-bond acceptors (Lipinski definition) is 6. The lowest BCUT2D eigenvalue weighted by atomic mass is 10.1. The molecule has 1 N–H and O–H groups in total. The topological polar surface area (TPSA) is 99.1 Å². The molecule has 1 amide bonds. The number of hydrogen-bond donors (Lipinski definition) is 1. The molecule has 3 rings (SSSR count). The summed E-state index contributed by atoms with van der Waals surface area (Å²) in [5.74, 6) is 0. The van der Waals surface area contributed by atoms with Crippen LogP contribution in [-0.2, 0) is 20.7 Å². The maximum absolute atomic E-state index is 11.7. The van der Waals surface area contributed by atoms with Gasteiger partial charge in [-0.1, -0.05) is 0 Å². The number of nitriles is 1. The number of anilines is 2. The number of carbonyl (C=O) groups excluding carboxylic acids is 2. The highest BCUT2D eigenvalue weighted by molar-refractivity contribution is 7.14. The smallest absolute Gasteiger partial charge is 0.293 e. The van der Waals surface area contributed by atoms with Crippen molar-refractivity contribution in [1.29, 1.82) is 5.26 Å². The monoisotopic (exact) mass is 340 g/mol. The van der Waals surface area contributed by atoms with Gasteiger partial charge in [0.25, 0.3) is 6.47 Å². The summed E-state index contributed by atoms with van der Waals surface area (Å²) in [5, 5.41) is 10.5. The van der Waals surface area contributed by atoms with Gasteiger partial charge in [0.15, 0.2) is 0 Å². The summed E-state index contributed by atoms with van der Waals surface area (Å²) in [6, 6.07) is 7.33. The third-order valence-electron chi connectivity index (χ3n) is 3.52. The molecule has 2 heterocycles. The van der Waals surface area contributed by atoms with Gasteiger partial charge in [-0.2, -0.15) is 5.26 Å².